The number of para-hydroxylation sites is 1. The number of hydrogen-bond acceptors (Lipinski definition) is 9. The number of pyridine rings is 1. The van der Waals surface area contributed by atoms with Crippen molar-refractivity contribution in [2.45, 2.75) is 17.9 Å². The molecule has 0 spiro atoms. The number of sulfonamides is 1. The average Bonchev–Trinajstić information content (AvgIpc) is 3.55. The van der Waals surface area contributed by atoms with E-state index in [1.165, 1.54) is 9.21 Å². The minimum absolute atomic E-state index is 0.0213. The van der Waals surface area contributed by atoms with E-state index >= 15 is 0 Å². The smallest absolute Gasteiger partial charge is 0.257 e. The summed E-state index contributed by atoms with van der Waals surface area (Å²) in [5, 5.41) is 10.8. The summed E-state index contributed by atoms with van der Waals surface area (Å²) in [4.78, 5) is 22.4. The number of benzene rings is 1. The molecule has 0 aliphatic carbocycles. The molecule has 5 heterocycles. The third-order valence-electron chi connectivity index (χ3n) is 6.18. The van der Waals surface area contributed by atoms with Gasteiger partial charge in [-0.25, -0.2) is 18.4 Å². The van der Waals surface area contributed by atoms with Crippen molar-refractivity contribution in [3.63, 3.8) is 0 Å². The van der Waals surface area contributed by atoms with Crippen LogP contribution < -0.4 is 9.47 Å². The third-order valence-corrected chi connectivity index (χ3v) is 7.93. The number of rotatable bonds is 4. The topological polar surface area (TPSA) is 135 Å². The fourth-order valence-corrected chi connectivity index (χ4v) is 5.87. The molecule has 1 atom stereocenters. The van der Waals surface area contributed by atoms with Gasteiger partial charge in [-0.05, 0) is 17.2 Å². The molecule has 0 bridgehead atoms. The Hall–Kier alpha value is -3.48. The predicted molar refractivity (Wildman–Crippen MR) is 121 cm³/mol. The molecule has 0 fully saturated rings. The number of aryl methyl sites for hydroxylation is 1. The summed E-state index contributed by atoms with van der Waals surface area (Å²) in [6.45, 7) is -3.66. The summed E-state index contributed by atoms with van der Waals surface area (Å²) >= 11 is 0. The van der Waals surface area contributed by atoms with Crippen LogP contribution in [-0.4, -0.2) is 77.9 Å². The second-order valence-electron chi connectivity index (χ2n) is 8.39. The minimum atomic E-state index is -4.09. The lowest BCUT2D eigenvalue weighted by atomic mass is 10.1. The summed E-state index contributed by atoms with van der Waals surface area (Å²) in [5.74, 6) is -0.815. The molecule has 1 aromatic carbocycles. The number of carbonyl (C=O) groups excluding carboxylic acids is 1. The van der Waals surface area contributed by atoms with Gasteiger partial charge in [-0.15, -0.1) is 0 Å². The maximum Gasteiger partial charge on any atom is 0.257 e. The number of carbonyl (C=O) groups is 1. The van der Waals surface area contributed by atoms with Crippen molar-refractivity contribution >= 4 is 27.0 Å². The number of aliphatic hydroxyl groups excluding tert-OH is 1. The van der Waals surface area contributed by atoms with Crippen LogP contribution >= 0.6 is 0 Å². The molecule has 182 valence electrons. The lowest BCUT2D eigenvalue weighted by molar-refractivity contribution is -0.139. The van der Waals surface area contributed by atoms with Gasteiger partial charge in [0.05, 0.1) is 11.7 Å². The van der Waals surface area contributed by atoms with Gasteiger partial charge in [0.1, 0.15) is 23.5 Å². The zero-order chi connectivity index (χ0) is 27.9. The lowest BCUT2D eigenvalue weighted by Crippen LogP contribution is -2.38. The quantitative estimate of drug-likeness (QED) is 0.522. The summed E-state index contributed by atoms with van der Waals surface area (Å²) in [7, 11) is -4.09. The van der Waals surface area contributed by atoms with Crippen LogP contribution in [0.2, 0.25) is 0 Å². The Balaban J connectivity index is 1.15. The van der Waals surface area contributed by atoms with Gasteiger partial charge in [0.2, 0.25) is 10.0 Å². The predicted octanol–water partition coefficient (Wildman–Crippen LogP) is 1.18. The van der Waals surface area contributed by atoms with Crippen molar-refractivity contribution in [1.82, 2.24) is 19.2 Å². The average molecular weight is 503 g/mol. The fourth-order valence-electron chi connectivity index (χ4n) is 4.48. The van der Waals surface area contributed by atoms with Crippen molar-refractivity contribution in [2.24, 2.45) is 0 Å². The van der Waals surface area contributed by atoms with E-state index in [1.54, 1.807) is 25.1 Å². The Labute approximate surface area is 206 Å². The highest BCUT2D eigenvalue weighted by molar-refractivity contribution is 7.89. The summed E-state index contributed by atoms with van der Waals surface area (Å²) < 4.78 is 74.0. The standard InChI is InChI=1S/C23H22N4O7S/c1-13-25-20-17(3-2-4-18(20)34-13)21(28)23(29)26-9-14-11-27(12-15(14)10-26)35(30,31)16-7-19-22(24-8-16)33-6-5-32-19/h2-4,7-8,21,28H,5-6,9-12H2,1H3/i5D2,6D2. The fraction of sp³-hybridized carbons (Fsp3) is 0.348. The molecule has 1 unspecified atom stereocenters. The zero-order valence-electron chi connectivity index (χ0n) is 22.4. The maximum absolute atomic E-state index is 13.3. The first-order valence-corrected chi connectivity index (χ1v) is 12.1. The van der Waals surface area contributed by atoms with E-state index in [-0.39, 0.29) is 42.7 Å². The third kappa shape index (κ3) is 3.65. The first kappa shape index (κ1) is 17.9. The number of fused-ring (bicyclic) bond motifs is 2. The van der Waals surface area contributed by atoms with Crippen molar-refractivity contribution < 1.29 is 37.7 Å². The molecular formula is C23H22N4O7S. The van der Waals surface area contributed by atoms with Crippen LogP contribution in [0.15, 0.2) is 50.9 Å². The minimum Gasteiger partial charge on any atom is -0.484 e. The van der Waals surface area contributed by atoms with Gasteiger partial charge in [-0.3, -0.25) is 4.79 Å². The van der Waals surface area contributed by atoms with Crippen molar-refractivity contribution in [3.8, 4) is 11.6 Å². The number of ether oxygens (including phenoxy) is 2. The molecule has 3 aliphatic heterocycles. The van der Waals surface area contributed by atoms with Crippen LogP contribution in [0.4, 0.5) is 0 Å². The van der Waals surface area contributed by atoms with E-state index in [9.17, 15) is 18.3 Å². The first-order valence-electron chi connectivity index (χ1n) is 12.7. The van der Waals surface area contributed by atoms with Gasteiger partial charge < -0.3 is 23.9 Å². The maximum atomic E-state index is 13.3. The molecule has 3 aromatic rings. The molecular weight excluding hydrogens is 476 g/mol. The molecule has 0 radical (unpaired) electrons. The highest BCUT2D eigenvalue weighted by atomic mass is 32.2. The molecule has 0 saturated carbocycles. The van der Waals surface area contributed by atoms with Gasteiger partial charge in [-0.1, -0.05) is 12.1 Å². The van der Waals surface area contributed by atoms with Crippen LogP contribution in [0, 0.1) is 6.92 Å². The highest BCUT2D eigenvalue weighted by Crippen LogP contribution is 2.35. The summed E-state index contributed by atoms with van der Waals surface area (Å²) in [6, 6.07) is 6.02. The summed E-state index contributed by atoms with van der Waals surface area (Å²) in [6.07, 6.45) is -0.467. The second-order valence-corrected chi connectivity index (χ2v) is 10.3. The number of oxazole rings is 1. The number of aliphatic hydroxyl groups is 1. The highest BCUT2D eigenvalue weighted by Gasteiger charge is 2.39. The van der Waals surface area contributed by atoms with Crippen LogP contribution in [0.5, 0.6) is 11.6 Å². The number of amides is 1. The molecule has 0 saturated heterocycles. The Morgan fingerprint density at radius 1 is 1.17 bits per heavy atom. The second kappa shape index (κ2) is 8.04. The van der Waals surface area contributed by atoms with Crippen molar-refractivity contribution in [3.05, 3.63) is 53.1 Å². The number of nitrogens with zero attached hydrogens (tertiary/aromatic N) is 4. The molecule has 6 rings (SSSR count). The molecule has 35 heavy (non-hydrogen) atoms. The van der Waals surface area contributed by atoms with Gasteiger partial charge in [-0.2, -0.15) is 4.31 Å². The van der Waals surface area contributed by atoms with E-state index in [0.29, 0.717) is 22.6 Å². The van der Waals surface area contributed by atoms with Crippen LogP contribution in [0.25, 0.3) is 11.1 Å². The van der Waals surface area contributed by atoms with Gasteiger partial charge in [0.15, 0.2) is 23.3 Å². The van der Waals surface area contributed by atoms with Gasteiger partial charge in [0.25, 0.3) is 11.8 Å². The van der Waals surface area contributed by atoms with E-state index in [0.717, 1.165) is 23.4 Å². The first-order chi connectivity index (χ1) is 18.3. The molecule has 1 N–H and O–H groups in total. The van der Waals surface area contributed by atoms with Crippen molar-refractivity contribution in [2.75, 3.05) is 39.3 Å². The molecule has 1 amide bonds. The summed E-state index contributed by atoms with van der Waals surface area (Å²) in [5.41, 5.74) is 2.68. The Morgan fingerprint density at radius 2 is 1.91 bits per heavy atom. The van der Waals surface area contributed by atoms with E-state index in [4.69, 9.17) is 19.4 Å². The largest absolute Gasteiger partial charge is 0.484 e. The van der Waals surface area contributed by atoms with Crippen LogP contribution in [-0.2, 0) is 14.8 Å². The molecule has 11 nitrogen and oxygen atoms in total. The van der Waals surface area contributed by atoms with Crippen molar-refractivity contribution in [1.29, 1.82) is 0 Å². The Morgan fingerprint density at radius 3 is 2.69 bits per heavy atom. The molecule has 2 aromatic heterocycles. The SMILES string of the molecule is [2H]C1([2H])Oc2cc(S(=O)(=O)N3CC4=C(CN(C(=O)C(O)c5cccc6oc(C)nc56)C4)C3)cnc2OC1([2H])[2H]. The van der Waals surface area contributed by atoms with Crippen LogP contribution in [0.3, 0.4) is 0 Å². The number of hydrogen-bond donors (Lipinski definition) is 1. The molecule has 12 heteroatoms. The Bertz CT molecular complexity index is 1660. The van der Waals surface area contributed by atoms with Gasteiger partial charge in [0, 0.05) is 44.7 Å². The normalized spacial score (nSPS) is 23.4. The Kier molecular flexibility index (Phi) is 4.11. The molecule has 3 aliphatic rings. The number of aromatic nitrogens is 2. The monoisotopic (exact) mass is 502 g/mol. The lowest BCUT2D eigenvalue weighted by Gasteiger charge is -2.25. The van der Waals surface area contributed by atoms with E-state index in [2.05, 4.69) is 9.97 Å². The van der Waals surface area contributed by atoms with E-state index < -0.39 is 35.2 Å². The van der Waals surface area contributed by atoms with Gasteiger partial charge >= 0.3 is 0 Å². The van der Waals surface area contributed by atoms with Crippen LogP contribution in [0.1, 0.15) is 23.0 Å². The zero-order valence-corrected chi connectivity index (χ0v) is 19.2. The van der Waals surface area contributed by atoms with E-state index in [1.807, 2.05) is 0 Å².